The van der Waals surface area contributed by atoms with E-state index in [0.29, 0.717) is 17.2 Å². The van der Waals surface area contributed by atoms with E-state index in [0.717, 1.165) is 11.1 Å². The number of hydrogen-bond acceptors (Lipinski definition) is 4. The Labute approximate surface area is 121 Å². The second-order valence-electron chi connectivity index (χ2n) is 4.52. The minimum absolute atomic E-state index is 0.213. The summed E-state index contributed by atoms with van der Waals surface area (Å²) in [6, 6.07) is 9.05. The lowest BCUT2D eigenvalue weighted by atomic mass is 10.2. The maximum Gasteiger partial charge on any atom is 0.248 e. The number of carbonyl (C=O) groups is 1. The summed E-state index contributed by atoms with van der Waals surface area (Å²) in [7, 11) is 0. The number of nitrogens with zero attached hydrogens (tertiary/aromatic N) is 2. The van der Waals surface area contributed by atoms with Crippen LogP contribution in [0.2, 0.25) is 0 Å². The number of rotatable bonds is 3. The van der Waals surface area contributed by atoms with Crippen LogP contribution in [0, 0.1) is 6.92 Å². The molecule has 0 saturated heterocycles. The molecule has 0 atom stereocenters. The Hall–Kier alpha value is -2.95. The van der Waals surface area contributed by atoms with Crippen molar-refractivity contribution < 1.29 is 9.21 Å². The first-order valence-electron chi connectivity index (χ1n) is 6.47. The van der Waals surface area contributed by atoms with Gasteiger partial charge in [-0.05, 0) is 29.8 Å². The molecule has 0 fully saturated rings. The molecule has 3 rings (SSSR count). The van der Waals surface area contributed by atoms with Crippen molar-refractivity contribution in [2.45, 2.75) is 6.92 Å². The third kappa shape index (κ3) is 3.14. The highest BCUT2D eigenvalue weighted by molar-refractivity contribution is 6.02. The summed E-state index contributed by atoms with van der Waals surface area (Å²) >= 11 is 0. The molecule has 0 aliphatic heterocycles. The van der Waals surface area contributed by atoms with Gasteiger partial charge in [0.25, 0.3) is 0 Å². The zero-order valence-electron chi connectivity index (χ0n) is 11.4. The van der Waals surface area contributed by atoms with Gasteiger partial charge >= 0.3 is 0 Å². The average Bonchev–Trinajstić information content (AvgIpc) is 2.85. The van der Waals surface area contributed by atoms with E-state index in [1.165, 1.54) is 6.08 Å². The summed E-state index contributed by atoms with van der Waals surface area (Å²) in [5, 5.41) is 2.78. The Bertz CT molecular complexity index is 807. The van der Waals surface area contributed by atoms with Crippen LogP contribution in [0.5, 0.6) is 0 Å². The van der Waals surface area contributed by atoms with E-state index >= 15 is 0 Å². The van der Waals surface area contributed by atoms with Crippen molar-refractivity contribution >= 4 is 28.8 Å². The van der Waals surface area contributed by atoms with E-state index in [9.17, 15) is 4.79 Å². The minimum atomic E-state index is -0.213. The molecule has 0 unspecified atom stereocenters. The Balaban J connectivity index is 1.72. The fraction of sp³-hybridized carbons (Fsp3) is 0.0625. The van der Waals surface area contributed by atoms with E-state index < -0.39 is 0 Å². The number of carbonyl (C=O) groups excluding carboxylic acids is 1. The molecule has 2 heterocycles. The third-order valence-corrected chi connectivity index (χ3v) is 2.87. The van der Waals surface area contributed by atoms with Crippen LogP contribution in [-0.2, 0) is 4.79 Å². The highest BCUT2D eigenvalue weighted by Crippen LogP contribution is 2.19. The number of aromatic nitrogens is 2. The lowest BCUT2D eigenvalue weighted by molar-refractivity contribution is -0.111. The molecule has 0 radical (unpaired) electrons. The van der Waals surface area contributed by atoms with Crippen molar-refractivity contribution in [2.24, 2.45) is 0 Å². The van der Waals surface area contributed by atoms with E-state index in [1.807, 2.05) is 18.2 Å². The number of hydrogen-bond donors (Lipinski definition) is 1. The predicted molar refractivity (Wildman–Crippen MR) is 80.6 cm³/mol. The van der Waals surface area contributed by atoms with Crippen LogP contribution < -0.4 is 5.32 Å². The highest BCUT2D eigenvalue weighted by Gasteiger charge is 2.04. The summed E-state index contributed by atoms with van der Waals surface area (Å²) in [6.45, 7) is 1.79. The normalized spacial score (nSPS) is 11.1. The largest absolute Gasteiger partial charge is 0.441 e. The lowest BCUT2D eigenvalue weighted by Gasteiger charge is -2.01. The summed E-state index contributed by atoms with van der Waals surface area (Å²) in [6.07, 6.45) is 6.55. The van der Waals surface area contributed by atoms with E-state index in [2.05, 4.69) is 15.3 Å². The molecule has 1 aromatic carbocycles. The van der Waals surface area contributed by atoms with Crippen molar-refractivity contribution in [2.75, 3.05) is 5.32 Å². The minimum Gasteiger partial charge on any atom is -0.441 e. The Kier molecular flexibility index (Phi) is 3.47. The maximum absolute atomic E-state index is 11.9. The van der Waals surface area contributed by atoms with Crippen molar-refractivity contribution in [3.63, 3.8) is 0 Å². The quantitative estimate of drug-likeness (QED) is 0.748. The van der Waals surface area contributed by atoms with Crippen molar-refractivity contribution in [1.82, 2.24) is 9.97 Å². The number of benzene rings is 1. The second-order valence-corrected chi connectivity index (χ2v) is 4.52. The first kappa shape index (κ1) is 13.1. The third-order valence-electron chi connectivity index (χ3n) is 2.87. The van der Waals surface area contributed by atoms with E-state index in [-0.39, 0.29) is 5.91 Å². The van der Waals surface area contributed by atoms with Gasteiger partial charge in [-0.2, -0.15) is 0 Å². The second kappa shape index (κ2) is 5.58. The molecule has 5 nitrogen and oxygen atoms in total. The van der Waals surface area contributed by atoms with Gasteiger partial charge in [-0.25, -0.2) is 4.98 Å². The van der Waals surface area contributed by atoms with Crippen LogP contribution in [0.3, 0.4) is 0 Å². The first-order chi connectivity index (χ1) is 10.2. The Morgan fingerprint density at radius 3 is 3.05 bits per heavy atom. The van der Waals surface area contributed by atoms with Gasteiger partial charge in [-0.1, -0.05) is 6.07 Å². The number of pyridine rings is 1. The molecule has 104 valence electrons. The van der Waals surface area contributed by atoms with Crippen LogP contribution in [0.1, 0.15) is 11.5 Å². The number of anilines is 1. The van der Waals surface area contributed by atoms with Crippen LogP contribution in [0.25, 0.3) is 17.2 Å². The summed E-state index contributed by atoms with van der Waals surface area (Å²) in [5.74, 6) is 0.388. The number of fused-ring (bicyclic) bond motifs is 1. The fourth-order valence-corrected chi connectivity index (χ4v) is 1.95. The maximum atomic E-state index is 11.9. The number of oxazole rings is 1. The monoisotopic (exact) mass is 279 g/mol. The number of amides is 1. The molecule has 0 aliphatic rings. The van der Waals surface area contributed by atoms with Gasteiger partial charge in [-0.3, -0.25) is 9.78 Å². The van der Waals surface area contributed by atoms with E-state index in [1.54, 1.807) is 37.5 Å². The summed E-state index contributed by atoms with van der Waals surface area (Å²) in [5.41, 5.74) is 2.96. The topological polar surface area (TPSA) is 68.0 Å². The molecule has 0 aliphatic carbocycles. The fourth-order valence-electron chi connectivity index (χ4n) is 1.95. The summed E-state index contributed by atoms with van der Waals surface area (Å²) in [4.78, 5) is 20.1. The average molecular weight is 279 g/mol. The molecule has 5 heteroatoms. The smallest absolute Gasteiger partial charge is 0.248 e. The molecule has 0 bridgehead atoms. The van der Waals surface area contributed by atoms with Crippen LogP contribution in [0.4, 0.5) is 5.69 Å². The van der Waals surface area contributed by atoms with Crippen LogP contribution in [0.15, 0.2) is 53.2 Å². The molecular weight excluding hydrogens is 266 g/mol. The number of nitrogens with one attached hydrogen (secondary N) is 1. The lowest BCUT2D eigenvalue weighted by Crippen LogP contribution is -2.07. The molecule has 0 spiro atoms. The van der Waals surface area contributed by atoms with Crippen molar-refractivity contribution in [3.05, 3.63) is 60.3 Å². The van der Waals surface area contributed by atoms with Gasteiger partial charge in [0.15, 0.2) is 11.5 Å². The van der Waals surface area contributed by atoms with Gasteiger partial charge in [-0.15, -0.1) is 0 Å². The van der Waals surface area contributed by atoms with Gasteiger partial charge in [0, 0.05) is 37.1 Å². The molecule has 1 amide bonds. The number of aryl methyl sites for hydroxylation is 1. The summed E-state index contributed by atoms with van der Waals surface area (Å²) < 4.78 is 5.43. The molecular formula is C16H13N3O2. The molecule has 0 saturated carbocycles. The van der Waals surface area contributed by atoms with Crippen LogP contribution >= 0.6 is 0 Å². The van der Waals surface area contributed by atoms with Crippen molar-refractivity contribution in [3.8, 4) is 0 Å². The molecule has 1 N–H and O–H groups in total. The van der Waals surface area contributed by atoms with Gasteiger partial charge in [0.2, 0.25) is 5.91 Å². The van der Waals surface area contributed by atoms with Crippen LogP contribution in [-0.4, -0.2) is 15.9 Å². The molecule has 21 heavy (non-hydrogen) atoms. The highest BCUT2D eigenvalue weighted by atomic mass is 16.3. The Morgan fingerprint density at radius 1 is 1.33 bits per heavy atom. The zero-order valence-corrected chi connectivity index (χ0v) is 11.4. The van der Waals surface area contributed by atoms with Crippen molar-refractivity contribution in [1.29, 1.82) is 0 Å². The SMILES string of the molecule is Cc1nc2ccc(NC(=O)/C=C/c3cccnc3)cc2o1. The first-order valence-corrected chi connectivity index (χ1v) is 6.47. The standard InChI is InChI=1S/C16H13N3O2/c1-11-18-14-6-5-13(9-15(14)21-11)19-16(20)7-4-12-3-2-8-17-10-12/h2-10H,1H3,(H,19,20)/b7-4+. The molecule has 3 aromatic rings. The molecule has 2 aromatic heterocycles. The van der Waals surface area contributed by atoms with Gasteiger partial charge in [0.05, 0.1) is 0 Å². The van der Waals surface area contributed by atoms with Gasteiger partial charge < -0.3 is 9.73 Å². The Morgan fingerprint density at radius 2 is 2.24 bits per heavy atom. The van der Waals surface area contributed by atoms with E-state index in [4.69, 9.17) is 4.42 Å². The zero-order chi connectivity index (χ0) is 14.7. The van der Waals surface area contributed by atoms with Gasteiger partial charge in [0.1, 0.15) is 5.52 Å². The predicted octanol–water partition coefficient (Wildman–Crippen LogP) is 3.18.